The van der Waals surface area contributed by atoms with Crippen LogP contribution in [-0.4, -0.2) is 25.1 Å². The number of aromatic nitrogens is 1. The van der Waals surface area contributed by atoms with Crippen molar-refractivity contribution in [1.82, 2.24) is 4.98 Å². The van der Waals surface area contributed by atoms with Crippen LogP contribution in [0.4, 0.5) is 10.1 Å². The highest BCUT2D eigenvalue weighted by atomic mass is 32.2. The third kappa shape index (κ3) is 3.78. The molecule has 1 aromatic carbocycles. The predicted octanol–water partition coefficient (Wildman–Crippen LogP) is 1.37. The molecule has 0 saturated carbocycles. The topological polar surface area (TPSA) is 79.3 Å². The minimum Gasteiger partial charge on any atom is -0.384 e. The number of sulfonamides is 1. The summed E-state index contributed by atoms with van der Waals surface area (Å²) in [6.07, 6.45) is 2.88. The van der Waals surface area contributed by atoms with Gasteiger partial charge in [0.05, 0.1) is 5.69 Å². The van der Waals surface area contributed by atoms with E-state index in [1.807, 2.05) is 0 Å². The van der Waals surface area contributed by atoms with Crippen molar-refractivity contribution in [2.24, 2.45) is 0 Å². The predicted molar refractivity (Wildman–Crippen MR) is 75.4 cm³/mol. The molecule has 108 valence electrons. The lowest BCUT2D eigenvalue weighted by atomic mass is 10.2. The number of hydrogen-bond donors (Lipinski definition) is 2. The minimum atomic E-state index is -3.92. The first-order valence-electron chi connectivity index (χ1n) is 5.85. The van der Waals surface area contributed by atoms with Gasteiger partial charge in [-0.3, -0.25) is 9.71 Å². The first kappa shape index (κ1) is 15.0. The molecule has 0 atom stereocenters. The zero-order chi connectivity index (χ0) is 15.3. The summed E-state index contributed by atoms with van der Waals surface area (Å²) in [7, 11) is -3.92. The van der Waals surface area contributed by atoms with Crippen molar-refractivity contribution in [2.75, 3.05) is 11.3 Å². The van der Waals surface area contributed by atoms with Gasteiger partial charge in [-0.1, -0.05) is 11.8 Å². The quantitative estimate of drug-likeness (QED) is 0.839. The van der Waals surface area contributed by atoms with Gasteiger partial charge in [0, 0.05) is 18.0 Å². The molecule has 0 unspecified atom stereocenters. The van der Waals surface area contributed by atoms with E-state index < -0.39 is 22.4 Å². The molecular weight excluding hydrogens is 295 g/mol. The fraction of sp³-hybridized carbons (Fsp3) is 0.0714. The fourth-order valence-electron chi connectivity index (χ4n) is 1.60. The van der Waals surface area contributed by atoms with E-state index >= 15 is 0 Å². The van der Waals surface area contributed by atoms with E-state index in [-0.39, 0.29) is 10.5 Å². The highest BCUT2D eigenvalue weighted by Crippen LogP contribution is 2.19. The number of pyridine rings is 1. The first-order valence-corrected chi connectivity index (χ1v) is 7.33. The Morgan fingerprint density at radius 2 is 1.95 bits per heavy atom. The molecule has 0 aliphatic heterocycles. The van der Waals surface area contributed by atoms with Gasteiger partial charge in [-0.05, 0) is 30.3 Å². The summed E-state index contributed by atoms with van der Waals surface area (Å²) in [5.41, 5.74) is 0.306. The molecule has 2 aromatic rings. The zero-order valence-electron chi connectivity index (χ0n) is 10.7. The van der Waals surface area contributed by atoms with Crippen LogP contribution in [0.1, 0.15) is 5.56 Å². The second-order valence-corrected chi connectivity index (χ2v) is 5.59. The molecule has 2 rings (SSSR count). The summed E-state index contributed by atoms with van der Waals surface area (Å²) in [5, 5.41) is 8.69. The first-order chi connectivity index (χ1) is 10.0. The molecule has 1 aromatic heterocycles. The number of benzene rings is 1. The van der Waals surface area contributed by atoms with Gasteiger partial charge >= 0.3 is 0 Å². The van der Waals surface area contributed by atoms with Gasteiger partial charge in [0.1, 0.15) is 17.3 Å². The smallest absolute Gasteiger partial charge is 0.263 e. The molecule has 0 spiro atoms. The van der Waals surface area contributed by atoms with Crippen molar-refractivity contribution in [3.63, 3.8) is 0 Å². The summed E-state index contributed by atoms with van der Waals surface area (Å²) in [6, 6.07) is 6.13. The van der Waals surface area contributed by atoms with E-state index in [4.69, 9.17) is 5.11 Å². The Morgan fingerprint density at radius 1 is 1.24 bits per heavy atom. The van der Waals surface area contributed by atoms with Gasteiger partial charge in [0.25, 0.3) is 10.0 Å². The fourth-order valence-corrected chi connectivity index (χ4v) is 2.80. The molecule has 0 fully saturated rings. The highest BCUT2D eigenvalue weighted by molar-refractivity contribution is 7.92. The van der Waals surface area contributed by atoms with Gasteiger partial charge in [0.2, 0.25) is 0 Å². The number of nitrogens with zero attached hydrogens (tertiary/aromatic N) is 1. The molecule has 1 heterocycles. The summed E-state index contributed by atoms with van der Waals surface area (Å²) in [5.74, 6) is 4.12. The van der Waals surface area contributed by atoms with Crippen LogP contribution >= 0.6 is 0 Å². The lowest BCUT2D eigenvalue weighted by Crippen LogP contribution is -2.14. The molecule has 0 amide bonds. The van der Waals surface area contributed by atoms with Crippen molar-refractivity contribution in [3.8, 4) is 11.8 Å². The Labute approximate surface area is 121 Å². The van der Waals surface area contributed by atoms with Crippen LogP contribution in [0.5, 0.6) is 0 Å². The van der Waals surface area contributed by atoms with E-state index in [2.05, 4.69) is 21.5 Å². The van der Waals surface area contributed by atoms with E-state index in [0.717, 1.165) is 18.2 Å². The van der Waals surface area contributed by atoms with E-state index in [9.17, 15) is 12.8 Å². The van der Waals surface area contributed by atoms with Crippen molar-refractivity contribution in [3.05, 3.63) is 54.1 Å². The van der Waals surface area contributed by atoms with Gasteiger partial charge in [-0.2, -0.15) is 0 Å². The summed E-state index contributed by atoms with van der Waals surface area (Å²) in [6.45, 7) is -0.451. The average molecular weight is 306 g/mol. The average Bonchev–Trinajstić information content (AvgIpc) is 2.45. The van der Waals surface area contributed by atoms with Crippen molar-refractivity contribution in [2.45, 2.75) is 4.90 Å². The number of aliphatic hydroxyl groups excluding tert-OH is 1. The van der Waals surface area contributed by atoms with Crippen LogP contribution in [0.25, 0.3) is 0 Å². The maximum Gasteiger partial charge on any atom is 0.263 e. The van der Waals surface area contributed by atoms with Crippen molar-refractivity contribution < 1.29 is 17.9 Å². The van der Waals surface area contributed by atoms with Gasteiger partial charge in [-0.15, -0.1) is 0 Å². The molecule has 0 bridgehead atoms. The highest BCUT2D eigenvalue weighted by Gasteiger charge is 2.18. The maximum absolute atomic E-state index is 13.2. The number of hydrogen-bond acceptors (Lipinski definition) is 4. The van der Waals surface area contributed by atoms with E-state index in [0.29, 0.717) is 5.69 Å². The minimum absolute atomic E-state index is 0.0226. The van der Waals surface area contributed by atoms with Crippen LogP contribution in [0, 0.1) is 17.7 Å². The molecule has 0 saturated heterocycles. The van der Waals surface area contributed by atoms with Gasteiger partial charge in [-0.25, -0.2) is 12.8 Å². The van der Waals surface area contributed by atoms with E-state index in [1.165, 1.54) is 24.5 Å². The van der Waals surface area contributed by atoms with E-state index in [1.54, 1.807) is 0 Å². The third-order valence-electron chi connectivity index (χ3n) is 2.47. The second kappa shape index (κ2) is 6.35. The Morgan fingerprint density at radius 3 is 2.62 bits per heavy atom. The number of aliphatic hydroxyl groups is 1. The Kier molecular flexibility index (Phi) is 4.52. The molecule has 0 aliphatic rings. The molecule has 21 heavy (non-hydrogen) atoms. The van der Waals surface area contributed by atoms with Crippen molar-refractivity contribution >= 4 is 15.7 Å². The van der Waals surface area contributed by atoms with Crippen molar-refractivity contribution in [1.29, 1.82) is 0 Å². The Bertz CT molecular complexity index is 796. The van der Waals surface area contributed by atoms with Gasteiger partial charge < -0.3 is 5.11 Å². The zero-order valence-corrected chi connectivity index (χ0v) is 11.6. The lowest BCUT2D eigenvalue weighted by molar-refractivity contribution is 0.350. The molecule has 7 heteroatoms. The Hall–Kier alpha value is -2.43. The number of rotatable bonds is 3. The lowest BCUT2D eigenvalue weighted by Gasteiger charge is -2.09. The van der Waals surface area contributed by atoms with Crippen LogP contribution < -0.4 is 4.72 Å². The van der Waals surface area contributed by atoms with Crippen LogP contribution in [-0.2, 0) is 10.0 Å². The monoisotopic (exact) mass is 306 g/mol. The normalized spacial score (nSPS) is 10.6. The van der Waals surface area contributed by atoms with Crippen LogP contribution in [0.2, 0.25) is 0 Å². The number of halogens is 1. The largest absolute Gasteiger partial charge is 0.384 e. The summed E-state index contributed by atoms with van der Waals surface area (Å²) < 4.78 is 40.2. The maximum atomic E-state index is 13.2. The number of anilines is 1. The van der Waals surface area contributed by atoms with Gasteiger partial charge in [0.15, 0.2) is 0 Å². The van der Waals surface area contributed by atoms with Crippen LogP contribution in [0.3, 0.4) is 0 Å². The second-order valence-electron chi connectivity index (χ2n) is 3.94. The molecular formula is C14H11FN2O3S. The SMILES string of the molecule is O=S(=O)(Nc1ccncc1)c1ccc(F)cc1C#CCO. The molecule has 2 N–H and O–H groups in total. The standard InChI is InChI=1S/C14H11FN2O3S/c15-12-3-4-14(11(10-12)2-1-9-18)21(19,20)17-13-5-7-16-8-6-13/h3-8,10,18H,9H2,(H,16,17). The molecule has 0 aliphatic carbocycles. The molecule has 5 nitrogen and oxygen atoms in total. The summed E-state index contributed by atoms with van der Waals surface area (Å²) in [4.78, 5) is 3.62. The number of nitrogens with one attached hydrogen (secondary N) is 1. The third-order valence-corrected chi connectivity index (χ3v) is 3.91. The van der Waals surface area contributed by atoms with Crippen LogP contribution in [0.15, 0.2) is 47.6 Å². The Balaban J connectivity index is 2.45. The summed E-state index contributed by atoms with van der Waals surface area (Å²) >= 11 is 0. The molecule has 0 radical (unpaired) electrons.